The fraction of sp³-hybridized carbons (Fsp3) is 0.438. The number of pyridine rings is 1. The number of carbonyl (C=O) groups excluding carboxylic acids is 2. The molecule has 0 aliphatic heterocycles. The molecule has 0 fully saturated rings. The average Bonchev–Trinajstić information content (AvgIpc) is 2.62. The highest BCUT2D eigenvalue weighted by molar-refractivity contribution is 5.94. The van der Waals surface area contributed by atoms with Crippen molar-refractivity contribution in [1.29, 1.82) is 0 Å². The summed E-state index contributed by atoms with van der Waals surface area (Å²) >= 11 is 0. The Kier molecular flexibility index (Phi) is 10.0. The second kappa shape index (κ2) is 12.4. The summed E-state index contributed by atoms with van der Waals surface area (Å²) in [7, 11) is 0. The van der Waals surface area contributed by atoms with Gasteiger partial charge in [-0.15, -0.1) is 0 Å². The van der Waals surface area contributed by atoms with Gasteiger partial charge in [0, 0.05) is 25.6 Å². The van der Waals surface area contributed by atoms with Gasteiger partial charge in [-0.05, 0) is 30.9 Å². The van der Waals surface area contributed by atoms with Gasteiger partial charge in [0.25, 0.3) is 0 Å². The first-order valence-corrected chi connectivity index (χ1v) is 8.19. The zero-order valence-corrected chi connectivity index (χ0v) is 14.4. The number of anilines is 1. The average molecular weight is 364 g/mol. The molecule has 1 aromatic heterocycles. The maximum Gasteiger partial charge on any atom is 0.303 e. The minimum absolute atomic E-state index is 0.0588. The molecule has 0 spiro atoms. The Balaban J connectivity index is 2.32. The number of hydrogen-bond acceptors (Lipinski definition) is 6. The van der Waals surface area contributed by atoms with Gasteiger partial charge >= 0.3 is 5.97 Å². The van der Waals surface area contributed by atoms with Crippen LogP contribution in [-0.4, -0.2) is 47.3 Å². The van der Waals surface area contributed by atoms with Crippen LogP contribution < -0.4 is 21.9 Å². The van der Waals surface area contributed by atoms with E-state index in [4.69, 9.17) is 10.9 Å². The Bertz CT molecular complexity index is 635. The maximum absolute atomic E-state index is 11.9. The number of carboxylic acid groups (broad SMARTS) is 1. The lowest BCUT2D eigenvalue weighted by molar-refractivity contribution is -0.137. The van der Waals surface area contributed by atoms with E-state index in [9.17, 15) is 14.4 Å². The summed E-state index contributed by atoms with van der Waals surface area (Å²) in [4.78, 5) is 42.3. The highest BCUT2D eigenvalue weighted by atomic mass is 16.4. The fourth-order valence-electron chi connectivity index (χ4n) is 2.04. The third kappa shape index (κ3) is 9.33. The van der Waals surface area contributed by atoms with Crippen molar-refractivity contribution in [3.8, 4) is 0 Å². The number of nitrogens with two attached hydrogens (primary N) is 1. The normalized spacial score (nSPS) is 10.5. The van der Waals surface area contributed by atoms with Gasteiger partial charge < -0.3 is 21.2 Å². The van der Waals surface area contributed by atoms with Crippen LogP contribution in [0.2, 0.25) is 0 Å². The van der Waals surface area contributed by atoms with E-state index in [1.807, 2.05) is 0 Å². The van der Waals surface area contributed by atoms with Crippen LogP contribution in [0.5, 0.6) is 0 Å². The zero-order valence-electron chi connectivity index (χ0n) is 14.4. The van der Waals surface area contributed by atoms with Gasteiger partial charge in [-0.25, -0.2) is 10.8 Å². The molecule has 2 amide bonds. The SMILES string of the molecule is NNC=NCCCCC(=O)NCC(=O)Nc1ncccc1CCC(=O)O. The number of carbonyl (C=O) groups is 3. The lowest BCUT2D eigenvalue weighted by atomic mass is 10.1. The van der Waals surface area contributed by atoms with Gasteiger partial charge in [-0.1, -0.05) is 6.07 Å². The highest BCUT2D eigenvalue weighted by Crippen LogP contribution is 2.13. The summed E-state index contributed by atoms with van der Waals surface area (Å²) in [6.07, 6.45) is 4.76. The predicted octanol–water partition coefficient (Wildman–Crippen LogP) is -0.185. The molecule has 6 N–H and O–H groups in total. The molecule has 0 saturated heterocycles. The second-order valence-electron chi connectivity index (χ2n) is 5.39. The molecule has 0 aromatic carbocycles. The van der Waals surface area contributed by atoms with Crippen molar-refractivity contribution in [2.75, 3.05) is 18.4 Å². The summed E-state index contributed by atoms with van der Waals surface area (Å²) < 4.78 is 0. The standard InChI is InChI=1S/C16H24N6O4/c17-21-11-18-8-2-1-5-13(23)20-10-14(24)22-16-12(4-3-9-19-16)6-7-15(25)26/h3-4,9,11H,1-2,5-8,10,17H2,(H,18,21)(H,20,23)(H,25,26)(H,19,22,24). The van der Waals surface area contributed by atoms with E-state index in [1.165, 1.54) is 12.5 Å². The number of nitrogens with one attached hydrogen (secondary N) is 3. The first kappa shape index (κ1) is 21.0. The van der Waals surface area contributed by atoms with Crippen LogP contribution >= 0.6 is 0 Å². The van der Waals surface area contributed by atoms with Crippen LogP contribution in [0, 0.1) is 0 Å². The third-order valence-corrected chi connectivity index (χ3v) is 3.31. The molecule has 0 radical (unpaired) electrons. The van der Waals surface area contributed by atoms with Crippen LogP contribution in [0.4, 0.5) is 5.82 Å². The number of aromatic nitrogens is 1. The Labute approximate surface area is 151 Å². The molecule has 0 aliphatic carbocycles. The molecule has 142 valence electrons. The number of hydrogen-bond donors (Lipinski definition) is 5. The van der Waals surface area contributed by atoms with E-state index in [0.29, 0.717) is 30.8 Å². The molecule has 10 heteroatoms. The Hall–Kier alpha value is -3.01. The minimum atomic E-state index is -0.927. The van der Waals surface area contributed by atoms with Gasteiger partial charge in [0.15, 0.2) is 0 Å². The maximum atomic E-state index is 11.9. The van der Waals surface area contributed by atoms with E-state index in [1.54, 1.807) is 12.1 Å². The molecule has 0 unspecified atom stereocenters. The number of nitrogens with zero attached hydrogens (tertiary/aromatic N) is 2. The number of aryl methyl sites for hydroxylation is 1. The number of aliphatic imine (C=N–C) groups is 1. The number of carboxylic acids is 1. The summed E-state index contributed by atoms with van der Waals surface area (Å²) in [5.41, 5.74) is 2.91. The smallest absolute Gasteiger partial charge is 0.303 e. The molecule has 0 aliphatic rings. The van der Waals surface area contributed by atoms with E-state index in [2.05, 4.69) is 26.0 Å². The van der Waals surface area contributed by atoms with E-state index < -0.39 is 11.9 Å². The molecule has 0 saturated carbocycles. The van der Waals surface area contributed by atoms with Crippen LogP contribution in [0.25, 0.3) is 0 Å². The van der Waals surface area contributed by atoms with Crippen molar-refractivity contribution in [2.45, 2.75) is 32.1 Å². The highest BCUT2D eigenvalue weighted by Gasteiger charge is 2.10. The molecule has 1 heterocycles. The molecule has 0 atom stereocenters. The van der Waals surface area contributed by atoms with Gasteiger partial charge in [0.1, 0.15) is 5.82 Å². The Morgan fingerprint density at radius 2 is 2.04 bits per heavy atom. The molecule has 1 rings (SSSR count). The number of unbranched alkanes of at least 4 members (excludes halogenated alkanes) is 1. The van der Waals surface area contributed by atoms with Crippen molar-refractivity contribution >= 4 is 29.9 Å². The largest absolute Gasteiger partial charge is 0.481 e. The predicted molar refractivity (Wildman–Crippen MR) is 96.4 cm³/mol. The van der Waals surface area contributed by atoms with Crippen molar-refractivity contribution in [1.82, 2.24) is 15.7 Å². The number of hydrazine groups is 1. The summed E-state index contributed by atoms with van der Waals surface area (Å²) in [5.74, 6) is 3.75. The number of amides is 2. The third-order valence-electron chi connectivity index (χ3n) is 3.31. The Morgan fingerprint density at radius 3 is 2.77 bits per heavy atom. The van der Waals surface area contributed by atoms with E-state index >= 15 is 0 Å². The number of rotatable bonds is 12. The summed E-state index contributed by atoms with van der Waals surface area (Å²) in [5, 5.41) is 13.9. The van der Waals surface area contributed by atoms with Gasteiger partial charge in [0.05, 0.1) is 12.9 Å². The molecule has 1 aromatic rings. The van der Waals surface area contributed by atoms with Gasteiger partial charge in [0.2, 0.25) is 11.8 Å². The quantitative estimate of drug-likeness (QED) is 0.113. The molecule has 26 heavy (non-hydrogen) atoms. The first-order chi connectivity index (χ1) is 12.5. The lowest BCUT2D eigenvalue weighted by Gasteiger charge is -2.10. The zero-order chi connectivity index (χ0) is 19.2. The van der Waals surface area contributed by atoms with Crippen LogP contribution in [0.3, 0.4) is 0 Å². The topological polar surface area (TPSA) is 159 Å². The van der Waals surface area contributed by atoms with E-state index in [-0.39, 0.29) is 25.3 Å². The van der Waals surface area contributed by atoms with Crippen molar-refractivity contribution in [2.24, 2.45) is 10.8 Å². The minimum Gasteiger partial charge on any atom is -0.481 e. The van der Waals surface area contributed by atoms with Crippen LogP contribution in [0.1, 0.15) is 31.2 Å². The van der Waals surface area contributed by atoms with Crippen LogP contribution in [0.15, 0.2) is 23.3 Å². The summed E-state index contributed by atoms with van der Waals surface area (Å²) in [6.45, 7) is 0.389. The summed E-state index contributed by atoms with van der Waals surface area (Å²) in [6, 6.07) is 3.37. The molecule has 10 nitrogen and oxygen atoms in total. The fourth-order valence-corrected chi connectivity index (χ4v) is 2.04. The molecular formula is C16H24N6O4. The molecular weight excluding hydrogens is 340 g/mol. The Morgan fingerprint density at radius 1 is 1.23 bits per heavy atom. The monoisotopic (exact) mass is 364 g/mol. The first-order valence-electron chi connectivity index (χ1n) is 8.19. The van der Waals surface area contributed by atoms with Crippen molar-refractivity contribution < 1.29 is 19.5 Å². The van der Waals surface area contributed by atoms with Crippen molar-refractivity contribution in [3.05, 3.63) is 23.9 Å². The van der Waals surface area contributed by atoms with Crippen molar-refractivity contribution in [3.63, 3.8) is 0 Å². The number of aliphatic carboxylic acids is 1. The van der Waals surface area contributed by atoms with Gasteiger partial charge in [-0.2, -0.15) is 0 Å². The lowest BCUT2D eigenvalue weighted by Crippen LogP contribution is -2.33. The van der Waals surface area contributed by atoms with Crippen LogP contribution in [-0.2, 0) is 20.8 Å². The second-order valence-corrected chi connectivity index (χ2v) is 5.39. The van der Waals surface area contributed by atoms with E-state index in [0.717, 1.165) is 6.42 Å². The molecule has 0 bridgehead atoms. The van der Waals surface area contributed by atoms with Gasteiger partial charge in [-0.3, -0.25) is 19.4 Å².